The summed E-state index contributed by atoms with van der Waals surface area (Å²) in [5.74, 6) is -1.38. The Bertz CT molecular complexity index is 577. The molecule has 5 heteroatoms. The SMILES string of the molecule is COc1cc(F)c(C(=O)/C(=C/N(C)C)C(C)=O)cc1C. The first-order valence-electron chi connectivity index (χ1n) is 6.06. The summed E-state index contributed by atoms with van der Waals surface area (Å²) < 4.78 is 19.0. The molecule has 0 aliphatic heterocycles. The number of carbonyl (C=O) groups excluding carboxylic acids is 2. The fourth-order valence-electron chi connectivity index (χ4n) is 1.77. The van der Waals surface area contributed by atoms with E-state index < -0.39 is 17.4 Å². The highest BCUT2D eigenvalue weighted by atomic mass is 19.1. The van der Waals surface area contributed by atoms with Crippen LogP contribution in [0.1, 0.15) is 22.8 Å². The van der Waals surface area contributed by atoms with Gasteiger partial charge in [-0.25, -0.2) is 4.39 Å². The molecule has 0 bridgehead atoms. The van der Waals surface area contributed by atoms with Gasteiger partial charge < -0.3 is 9.64 Å². The predicted octanol–water partition coefficient (Wildman–Crippen LogP) is 2.36. The average Bonchev–Trinajstić information content (AvgIpc) is 2.36. The van der Waals surface area contributed by atoms with E-state index in [1.54, 1.807) is 25.9 Å². The van der Waals surface area contributed by atoms with Gasteiger partial charge in [-0.3, -0.25) is 9.59 Å². The highest BCUT2D eigenvalue weighted by molar-refractivity contribution is 6.25. The molecule has 0 unspecified atom stereocenters. The van der Waals surface area contributed by atoms with Gasteiger partial charge >= 0.3 is 0 Å². The topological polar surface area (TPSA) is 46.6 Å². The molecule has 0 aromatic heterocycles. The minimum Gasteiger partial charge on any atom is -0.496 e. The molecule has 108 valence electrons. The van der Waals surface area contributed by atoms with Crippen molar-refractivity contribution < 1.29 is 18.7 Å². The van der Waals surface area contributed by atoms with E-state index in [1.807, 2.05) is 0 Å². The number of benzene rings is 1. The molecule has 1 aromatic carbocycles. The number of hydrogen-bond donors (Lipinski definition) is 0. The van der Waals surface area contributed by atoms with Gasteiger partial charge in [0.1, 0.15) is 11.6 Å². The number of halogens is 1. The lowest BCUT2D eigenvalue weighted by atomic mass is 9.99. The van der Waals surface area contributed by atoms with E-state index in [-0.39, 0.29) is 11.1 Å². The first-order valence-corrected chi connectivity index (χ1v) is 6.06. The number of aryl methyl sites for hydroxylation is 1. The van der Waals surface area contributed by atoms with Gasteiger partial charge in [-0.15, -0.1) is 0 Å². The van der Waals surface area contributed by atoms with Crippen molar-refractivity contribution in [3.63, 3.8) is 0 Å². The molecule has 1 rings (SSSR count). The minimum atomic E-state index is -0.705. The smallest absolute Gasteiger partial charge is 0.201 e. The van der Waals surface area contributed by atoms with Crippen LogP contribution in [0.4, 0.5) is 4.39 Å². The molecule has 0 fully saturated rings. The molecule has 0 saturated carbocycles. The normalized spacial score (nSPS) is 11.2. The lowest BCUT2D eigenvalue weighted by Gasteiger charge is -2.11. The number of hydrogen-bond acceptors (Lipinski definition) is 4. The number of allylic oxidation sites excluding steroid dienone is 1. The zero-order valence-corrected chi connectivity index (χ0v) is 12.3. The molecule has 0 saturated heterocycles. The zero-order valence-electron chi connectivity index (χ0n) is 12.3. The lowest BCUT2D eigenvalue weighted by molar-refractivity contribution is -0.113. The largest absolute Gasteiger partial charge is 0.496 e. The van der Waals surface area contributed by atoms with Crippen LogP contribution in [-0.2, 0) is 4.79 Å². The van der Waals surface area contributed by atoms with Gasteiger partial charge in [0.05, 0.1) is 18.2 Å². The van der Waals surface area contributed by atoms with Crippen LogP contribution in [-0.4, -0.2) is 37.7 Å². The summed E-state index contributed by atoms with van der Waals surface area (Å²) >= 11 is 0. The van der Waals surface area contributed by atoms with Crippen molar-refractivity contribution in [2.45, 2.75) is 13.8 Å². The van der Waals surface area contributed by atoms with Crippen LogP contribution in [0.3, 0.4) is 0 Å². The van der Waals surface area contributed by atoms with Crippen molar-refractivity contribution in [1.82, 2.24) is 4.90 Å². The number of ketones is 2. The van der Waals surface area contributed by atoms with Gasteiger partial charge in [0.2, 0.25) is 5.78 Å². The second-order valence-electron chi connectivity index (χ2n) is 4.69. The minimum absolute atomic E-state index is 0.0570. The Kier molecular flexibility index (Phi) is 5.02. The first-order chi connectivity index (χ1) is 9.27. The third-order valence-electron chi connectivity index (χ3n) is 2.74. The van der Waals surface area contributed by atoms with E-state index in [9.17, 15) is 14.0 Å². The van der Waals surface area contributed by atoms with Gasteiger partial charge in [0, 0.05) is 26.4 Å². The fourth-order valence-corrected chi connectivity index (χ4v) is 1.77. The van der Waals surface area contributed by atoms with Crippen molar-refractivity contribution in [2.24, 2.45) is 0 Å². The summed E-state index contributed by atoms with van der Waals surface area (Å²) in [6, 6.07) is 2.54. The Labute approximate surface area is 117 Å². The first kappa shape index (κ1) is 15.9. The number of carbonyl (C=O) groups is 2. The molecule has 0 atom stereocenters. The fraction of sp³-hybridized carbons (Fsp3) is 0.333. The van der Waals surface area contributed by atoms with Crippen LogP contribution >= 0.6 is 0 Å². The van der Waals surface area contributed by atoms with E-state index in [1.165, 1.54) is 26.3 Å². The molecule has 0 radical (unpaired) electrons. The molecular weight excluding hydrogens is 261 g/mol. The quantitative estimate of drug-likeness (QED) is 0.359. The van der Waals surface area contributed by atoms with Crippen LogP contribution in [0.2, 0.25) is 0 Å². The zero-order chi connectivity index (χ0) is 15.4. The second-order valence-corrected chi connectivity index (χ2v) is 4.69. The van der Waals surface area contributed by atoms with Crippen molar-refractivity contribution in [3.8, 4) is 5.75 Å². The van der Waals surface area contributed by atoms with Gasteiger partial charge in [-0.05, 0) is 25.5 Å². The molecule has 0 aliphatic carbocycles. The maximum atomic E-state index is 14.0. The highest BCUT2D eigenvalue weighted by Crippen LogP contribution is 2.24. The molecule has 0 N–H and O–H groups in total. The molecular formula is C15H18FNO3. The van der Waals surface area contributed by atoms with Crippen LogP contribution < -0.4 is 4.74 Å². The van der Waals surface area contributed by atoms with E-state index >= 15 is 0 Å². The summed E-state index contributed by atoms with van der Waals surface area (Å²) in [7, 11) is 4.80. The monoisotopic (exact) mass is 279 g/mol. The van der Waals surface area contributed by atoms with Crippen molar-refractivity contribution in [1.29, 1.82) is 0 Å². The number of Topliss-reactive ketones (excluding diaryl/α,β-unsaturated/α-hetero) is 2. The maximum Gasteiger partial charge on any atom is 0.201 e. The van der Waals surface area contributed by atoms with Crippen LogP contribution in [0.15, 0.2) is 23.9 Å². The third kappa shape index (κ3) is 3.44. The molecule has 0 aliphatic rings. The number of nitrogens with zero attached hydrogens (tertiary/aromatic N) is 1. The van der Waals surface area contributed by atoms with Gasteiger partial charge in [-0.1, -0.05) is 0 Å². The maximum absolute atomic E-state index is 14.0. The highest BCUT2D eigenvalue weighted by Gasteiger charge is 2.21. The molecule has 0 heterocycles. The van der Waals surface area contributed by atoms with Gasteiger partial charge in [0.25, 0.3) is 0 Å². The summed E-state index contributed by atoms with van der Waals surface area (Å²) in [5.41, 5.74) is 0.440. The van der Waals surface area contributed by atoms with Crippen LogP contribution in [0, 0.1) is 12.7 Å². The predicted molar refractivity (Wildman–Crippen MR) is 74.5 cm³/mol. The van der Waals surface area contributed by atoms with Crippen molar-refractivity contribution >= 4 is 11.6 Å². The van der Waals surface area contributed by atoms with E-state index in [2.05, 4.69) is 0 Å². The summed E-state index contributed by atoms with van der Waals surface area (Å²) in [4.78, 5) is 25.4. The van der Waals surface area contributed by atoms with E-state index in [0.717, 1.165) is 6.07 Å². The van der Waals surface area contributed by atoms with Gasteiger partial charge in [-0.2, -0.15) is 0 Å². The molecule has 4 nitrogen and oxygen atoms in total. The Morgan fingerprint density at radius 3 is 2.35 bits per heavy atom. The Hall–Kier alpha value is -2.17. The number of ether oxygens (including phenoxy) is 1. The van der Waals surface area contributed by atoms with Gasteiger partial charge in [0.15, 0.2) is 5.78 Å². The standard InChI is InChI=1S/C15H18FNO3/c1-9-6-11(13(16)7-14(9)20-5)15(19)12(10(2)18)8-17(3)4/h6-8H,1-5H3/b12-8+. The summed E-state index contributed by atoms with van der Waals surface area (Å²) in [5, 5.41) is 0. The summed E-state index contributed by atoms with van der Waals surface area (Å²) in [6.45, 7) is 2.99. The van der Waals surface area contributed by atoms with Crippen molar-refractivity contribution in [3.05, 3.63) is 40.8 Å². The van der Waals surface area contributed by atoms with Crippen LogP contribution in [0.25, 0.3) is 0 Å². The second kappa shape index (κ2) is 6.32. The Balaban J connectivity index is 3.33. The molecule has 0 amide bonds. The average molecular weight is 279 g/mol. The van der Waals surface area contributed by atoms with Crippen molar-refractivity contribution in [2.75, 3.05) is 21.2 Å². The lowest BCUT2D eigenvalue weighted by Crippen LogP contribution is -2.16. The van der Waals surface area contributed by atoms with Crippen LogP contribution in [0.5, 0.6) is 5.75 Å². The third-order valence-corrected chi connectivity index (χ3v) is 2.74. The molecule has 1 aromatic rings. The summed E-state index contributed by atoms with van der Waals surface area (Å²) in [6.07, 6.45) is 1.39. The molecule has 0 spiro atoms. The van der Waals surface area contributed by atoms with E-state index in [4.69, 9.17) is 4.74 Å². The number of rotatable bonds is 5. The Morgan fingerprint density at radius 1 is 1.30 bits per heavy atom. The number of methoxy groups -OCH3 is 1. The molecule has 20 heavy (non-hydrogen) atoms. The Morgan fingerprint density at radius 2 is 1.90 bits per heavy atom. The van der Waals surface area contributed by atoms with E-state index in [0.29, 0.717) is 11.3 Å².